The summed E-state index contributed by atoms with van der Waals surface area (Å²) < 4.78 is 7.14. The third-order valence-corrected chi connectivity index (χ3v) is 1.88. The zero-order valence-electron chi connectivity index (χ0n) is 7.40. The number of furan rings is 1. The minimum Gasteiger partial charge on any atom is -0.461 e. The first kappa shape index (κ1) is 8.07. The van der Waals surface area contributed by atoms with Crippen LogP contribution in [0.2, 0.25) is 0 Å². The lowest BCUT2D eigenvalue weighted by molar-refractivity contribution is 0.574. The molecule has 0 aliphatic rings. The van der Waals surface area contributed by atoms with Crippen LogP contribution >= 0.6 is 0 Å². The van der Waals surface area contributed by atoms with E-state index in [1.165, 1.54) is 0 Å². The second kappa shape index (κ2) is 3.06. The molecule has 4 heteroatoms. The molecule has 2 heterocycles. The Hall–Kier alpha value is -1.55. The fourth-order valence-electron chi connectivity index (χ4n) is 1.26. The molecule has 0 saturated carbocycles. The molecule has 0 aliphatic carbocycles. The number of imidazole rings is 1. The van der Waals surface area contributed by atoms with Gasteiger partial charge in [0.25, 0.3) is 0 Å². The molecule has 0 radical (unpaired) electrons. The topological polar surface area (TPSA) is 57.0 Å². The van der Waals surface area contributed by atoms with Crippen molar-refractivity contribution in [2.24, 2.45) is 12.8 Å². The first-order chi connectivity index (χ1) is 6.31. The van der Waals surface area contributed by atoms with Gasteiger partial charge < -0.3 is 14.7 Å². The van der Waals surface area contributed by atoms with E-state index in [1.54, 1.807) is 6.26 Å². The normalized spacial score (nSPS) is 10.6. The van der Waals surface area contributed by atoms with Gasteiger partial charge in [0.15, 0.2) is 11.6 Å². The van der Waals surface area contributed by atoms with Gasteiger partial charge in [-0.2, -0.15) is 0 Å². The van der Waals surface area contributed by atoms with E-state index >= 15 is 0 Å². The third-order valence-electron chi connectivity index (χ3n) is 1.88. The molecule has 4 nitrogen and oxygen atoms in total. The van der Waals surface area contributed by atoms with Crippen molar-refractivity contribution in [1.29, 1.82) is 0 Å². The molecular weight excluding hydrogens is 166 g/mol. The average molecular weight is 177 g/mol. The number of nitrogens with two attached hydrogens (primary N) is 1. The lowest BCUT2D eigenvalue weighted by Gasteiger charge is -1.94. The van der Waals surface area contributed by atoms with Gasteiger partial charge in [0, 0.05) is 19.8 Å². The zero-order valence-corrected chi connectivity index (χ0v) is 7.40. The Balaban J connectivity index is 2.46. The summed E-state index contributed by atoms with van der Waals surface area (Å²) in [5.74, 6) is 1.58. The van der Waals surface area contributed by atoms with E-state index in [9.17, 15) is 0 Å². The summed E-state index contributed by atoms with van der Waals surface area (Å²) in [6, 6.07) is 3.72. The van der Waals surface area contributed by atoms with Crippen molar-refractivity contribution < 1.29 is 4.42 Å². The number of aromatic nitrogens is 2. The summed E-state index contributed by atoms with van der Waals surface area (Å²) in [5, 5.41) is 0. The highest BCUT2D eigenvalue weighted by molar-refractivity contribution is 5.47. The summed E-state index contributed by atoms with van der Waals surface area (Å²) in [6.45, 7) is 0.453. The van der Waals surface area contributed by atoms with Crippen LogP contribution in [0.5, 0.6) is 0 Å². The summed E-state index contributed by atoms with van der Waals surface area (Å²) >= 11 is 0. The smallest absolute Gasteiger partial charge is 0.176 e. The molecule has 2 rings (SSSR count). The quantitative estimate of drug-likeness (QED) is 0.748. The molecule has 0 aromatic carbocycles. The van der Waals surface area contributed by atoms with Crippen molar-refractivity contribution in [3.8, 4) is 11.6 Å². The van der Waals surface area contributed by atoms with E-state index in [-0.39, 0.29) is 0 Å². The molecule has 2 aromatic rings. The molecule has 2 aromatic heterocycles. The summed E-state index contributed by atoms with van der Waals surface area (Å²) in [6.07, 6.45) is 3.53. The third kappa shape index (κ3) is 1.36. The SMILES string of the molecule is Cn1cc(CN)nc1-c1ccco1. The van der Waals surface area contributed by atoms with Crippen molar-refractivity contribution >= 4 is 0 Å². The predicted octanol–water partition coefficient (Wildman–Crippen LogP) is 1.14. The van der Waals surface area contributed by atoms with Crippen molar-refractivity contribution in [2.45, 2.75) is 6.54 Å². The van der Waals surface area contributed by atoms with Crippen LogP contribution in [0.3, 0.4) is 0 Å². The van der Waals surface area contributed by atoms with Crippen LogP contribution in [0.15, 0.2) is 29.0 Å². The van der Waals surface area contributed by atoms with Crippen molar-refractivity contribution in [3.05, 3.63) is 30.3 Å². The summed E-state index contributed by atoms with van der Waals surface area (Å²) in [7, 11) is 1.92. The van der Waals surface area contributed by atoms with E-state index in [0.29, 0.717) is 6.54 Å². The Bertz CT molecular complexity index is 389. The molecular formula is C9H11N3O. The molecule has 68 valence electrons. The highest BCUT2D eigenvalue weighted by atomic mass is 16.3. The summed E-state index contributed by atoms with van der Waals surface area (Å²) in [4.78, 5) is 4.31. The van der Waals surface area contributed by atoms with Gasteiger partial charge in [-0.3, -0.25) is 0 Å². The van der Waals surface area contributed by atoms with Crippen molar-refractivity contribution in [1.82, 2.24) is 9.55 Å². The largest absolute Gasteiger partial charge is 0.461 e. The number of rotatable bonds is 2. The monoisotopic (exact) mass is 177 g/mol. The Kier molecular flexibility index (Phi) is 1.90. The average Bonchev–Trinajstić information content (AvgIpc) is 2.72. The fourth-order valence-corrected chi connectivity index (χ4v) is 1.26. The number of aryl methyl sites for hydroxylation is 1. The maximum atomic E-state index is 5.48. The first-order valence-electron chi connectivity index (χ1n) is 4.07. The molecule has 13 heavy (non-hydrogen) atoms. The van der Waals surface area contributed by atoms with Crippen LogP contribution in [0.25, 0.3) is 11.6 Å². The van der Waals surface area contributed by atoms with E-state index in [0.717, 1.165) is 17.3 Å². The molecule has 0 unspecified atom stereocenters. The summed E-state index contributed by atoms with van der Waals surface area (Å²) in [5.41, 5.74) is 6.35. The van der Waals surface area contributed by atoms with E-state index in [4.69, 9.17) is 10.2 Å². The van der Waals surface area contributed by atoms with Gasteiger partial charge in [0.05, 0.1) is 12.0 Å². The molecule has 0 atom stereocenters. The van der Waals surface area contributed by atoms with Gasteiger partial charge in [0.2, 0.25) is 0 Å². The minimum atomic E-state index is 0.453. The molecule has 0 bridgehead atoms. The Labute approximate surface area is 76.0 Å². The highest BCUT2D eigenvalue weighted by Gasteiger charge is 2.08. The van der Waals surface area contributed by atoms with Crippen LogP contribution in [0.4, 0.5) is 0 Å². The van der Waals surface area contributed by atoms with Gasteiger partial charge in [0.1, 0.15) is 0 Å². The Morgan fingerprint density at radius 2 is 2.46 bits per heavy atom. The van der Waals surface area contributed by atoms with Crippen LogP contribution in [0.1, 0.15) is 5.69 Å². The van der Waals surface area contributed by atoms with Gasteiger partial charge in [-0.05, 0) is 12.1 Å². The van der Waals surface area contributed by atoms with Crippen LogP contribution in [-0.2, 0) is 13.6 Å². The maximum absolute atomic E-state index is 5.48. The van der Waals surface area contributed by atoms with E-state index < -0.39 is 0 Å². The molecule has 0 amide bonds. The molecule has 0 fully saturated rings. The number of hydrogen-bond donors (Lipinski definition) is 1. The van der Waals surface area contributed by atoms with Gasteiger partial charge in [-0.15, -0.1) is 0 Å². The van der Waals surface area contributed by atoms with Gasteiger partial charge >= 0.3 is 0 Å². The molecule has 0 spiro atoms. The van der Waals surface area contributed by atoms with Crippen molar-refractivity contribution in [3.63, 3.8) is 0 Å². The standard InChI is InChI=1S/C9H11N3O/c1-12-6-7(5-10)11-9(12)8-3-2-4-13-8/h2-4,6H,5,10H2,1H3. The van der Waals surface area contributed by atoms with Gasteiger partial charge in [-0.1, -0.05) is 0 Å². The molecule has 0 saturated heterocycles. The van der Waals surface area contributed by atoms with Crippen LogP contribution in [-0.4, -0.2) is 9.55 Å². The second-order valence-electron chi connectivity index (χ2n) is 2.85. The number of nitrogens with zero attached hydrogens (tertiary/aromatic N) is 2. The minimum absolute atomic E-state index is 0.453. The second-order valence-corrected chi connectivity index (χ2v) is 2.85. The predicted molar refractivity (Wildman–Crippen MR) is 48.8 cm³/mol. The Morgan fingerprint density at radius 3 is 3.00 bits per heavy atom. The van der Waals surface area contributed by atoms with E-state index in [2.05, 4.69) is 4.98 Å². The first-order valence-corrected chi connectivity index (χ1v) is 4.07. The maximum Gasteiger partial charge on any atom is 0.176 e. The molecule has 0 aliphatic heterocycles. The molecule has 2 N–H and O–H groups in total. The van der Waals surface area contributed by atoms with Crippen LogP contribution in [0, 0.1) is 0 Å². The number of hydrogen-bond acceptors (Lipinski definition) is 3. The van der Waals surface area contributed by atoms with E-state index in [1.807, 2.05) is 29.9 Å². The fraction of sp³-hybridized carbons (Fsp3) is 0.222. The van der Waals surface area contributed by atoms with Crippen molar-refractivity contribution in [2.75, 3.05) is 0 Å². The van der Waals surface area contributed by atoms with Crippen LogP contribution < -0.4 is 5.73 Å². The lowest BCUT2D eigenvalue weighted by atomic mass is 10.4. The zero-order chi connectivity index (χ0) is 9.26. The highest BCUT2D eigenvalue weighted by Crippen LogP contribution is 2.17. The Morgan fingerprint density at radius 1 is 1.62 bits per heavy atom. The lowest BCUT2D eigenvalue weighted by Crippen LogP contribution is -1.95. The van der Waals surface area contributed by atoms with Gasteiger partial charge in [-0.25, -0.2) is 4.98 Å².